The summed E-state index contributed by atoms with van der Waals surface area (Å²) in [6, 6.07) is 3.30. The number of nitrogens with one attached hydrogen (secondary N) is 1. The number of anilines is 1. The van der Waals surface area contributed by atoms with Crippen LogP contribution in [0.3, 0.4) is 0 Å². The van der Waals surface area contributed by atoms with E-state index >= 15 is 0 Å². The molecule has 2 heterocycles. The Hall–Kier alpha value is -1.78. The molecule has 2 rings (SSSR count). The first-order valence-corrected chi connectivity index (χ1v) is 8.28. The number of amides is 2. The van der Waals surface area contributed by atoms with Gasteiger partial charge >= 0.3 is 6.03 Å². The number of rotatable bonds is 3. The standard InChI is InChI=1S/C17H27N3O2/c1-4-19-10-6-8-15(16(19)21)18-17(22)20-11-5-7-14(9-12-20)13(2)3/h6,8,10,13-14H,4-5,7,9,11-12H2,1-3H3,(H,18,22). The number of hydrogen-bond acceptors (Lipinski definition) is 2. The second-order valence-electron chi connectivity index (χ2n) is 6.37. The molecule has 1 unspecified atom stereocenters. The summed E-state index contributed by atoms with van der Waals surface area (Å²) in [7, 11) is 0. The van der Waals surface area contributed by atoms with E-state index in [1.165, 1.54) is 6.42 Å². The summed E-state index contributed by atoms with van der Waals surface area (Å²) in [5.74, 6) is 1.35. The fourth-order valence-electron chi connectivity index (χ4n) is 3.07. The molecule has 0 aliphatic carbocycles. The lowest BCUT2D eigenvalue weighted by atomic mass is 9.89. The molecule has 1 saturated heterocycles. The van der Waals surface area contributed by atoms with E-state index in [9.17, 15) is 9.59 Å². The zero-order valence-electron chi connectivity index (χ0n) is 13.8. The second kappa shape index (κ2) is 7.47. The normalized spacial score (nSPS) is 19.1. The molecule has 5 nitrogen and oxygen atoms in total. The third-order valence-electron chi connectivity index (χ3n) is 4.61. The lowest BCUT2D eigenvalue weighted by Gasteiger charge is -2.22. The first-order chi connectivity index (χ1) is 10.5. The van der Waals surface area contributed by atoms with Gasteiger partial charge in [-0.25, -0.2) is 4.79 Å². The summed E-state index contributed by atoms with van der Waals surface area (Å²) in [6.07, 6.45) is 4.98. The maximum absolute atomic E-state index is 12.4. The summed E-state index contributed by atoms with van der Waals surface area (Å²) in [5, 5.41) is 2.78. The van der Waals surface area contributed by atoms with Gasteiger partial charge in [0.05, 0.1) is 0 Å². The van der Waals surface area contributed by atoms with Gasteiger partial charge in [-0.1, -0.05) is 13.8 Å². The number of nitrogens with zero attached hydrogens (tertiary/aromatic N) is 2. The van der Waals surface area contributed by atoms with Gasteiger partial charge in [0.2, 0.25) is 0 Å². The number of aromatic nitrogens is 1. The zero-order chi connectivity index (χ0) is 16.1. The molecule has 5 heteroatoms. The lowest BCUT2D eigenvalue weighted by Crippen LogP contribution is -2.37. The van der Waals surface area contributed by atoms with E-state index < -0.39 is 0 Å². The first kappa shape index (κ1) is 16.6. The molecule has 22 heavy (non-hydrogen) atoms. The van der Waals surface area contributed by atoms with Crippen LogP contribution in [0.15, 0.2) is 23.1 Å². The van der Waals surface area contributed by atoms with Crippen LogP contribution >= 0.6 is 0 Å². The van der Waals surface area contributed by atoms with Gasteiger partial charge in [-0.3, -0.25) is 4.79 Å². The van der Waals surface area contributed by atoms with Crippen LogP contribution in [0.4, 0.5) is 10.5 Å². The van der Waals surface area contributed by atoms with Gasteiger partial charge in [0.1, 0.15) is 5.69 Å². The summed E-state index contributed by atoms with van der Waals surface area (Å²) in [4.78, 5) is 26.4. The van der Waals surface area contributed by atoms with Crippen LogP contribution in [0.1, 0.15) is 40.0 Å². The van der Waals surface area contributed by atoms with Crippen LogP contribution < -0.4 is 10.9 Å². The smallest absolute Gasteiger partial charge is 0.321 e. The van der Waals surface area contributed by atoms with E-state index in [0.717, 1.165) is 25.9 Å². The molecule has 0 saturated carbocycles. The van der Waals surface area contributed by atoms with Gasteiger partial charge in [-0.2, -0.15) is 0 Å². The quantitative estimate of drug-likeness (QED) is 0.932. The average molecular weight is 305 g/mol. The Labute approximate surface area is 132 Å². The van der Waals surface area contributed by atoms with Crippen molar-refractivity contribution in [3.63, 3.8) is 0 Å². The lowest BCUT2D eigenvalue weighted by molar-refractivity contribution is 0.212. The van der Waals surface area contributed by atoms with Gasteiger partial charge in [0.25, 0.3) is 5.56 Å². The van der Waals surface area contributed by atoms with Gasteiger partial charge in [0.15, 0.2) is 0 Å². The molecule has 0 bridgehead atoms. The fraction of sp³-hybridized carbons (Fsp3) is 0.647. The van der Waals surface area contributed by atoms with Crippen LogP contribution in [-0.2, 0) is 6.54 Å². The molecule has 1 fully saturated rings. The highest BCUT2D eigenvalue weighted by Gasteiger charge is 2.22. The molecule has 2 amide bonds. The molecular weight excluding hydrogens is 278 g/mol. The Balaban J connectivity index is 2.02. The van der Waals surface area contributed by atoms with Crippen molar-refractivity contribution in [2.75, 3.05) is 18.4 Å². The van der Waals surface area contributed by atoms with E-state index in [-0.39, 0.29) is 11.6 Å². The number of carbonyl (C=O) groups excluding carboxylic acids is 1. The van der Waals surface area contributed by atoms with E-state index in [1.54, 1.807) is 22.9 Å². The van der Waals surface area contributed by atoms with Crippen molar-refractivity contribution in [1.82, 2.24) is 9.47 Å². The predicted octanol–water partition coefficient (Wildman–Crippen LogP) is 3.16. The highest BCUT2D eigenvalue weighted by atomic mass is 16.2. The van der Waals surface area contributed by atoms with Gasteiger partial charge < -0.3 is 14.8 Å². The molecule has 0 spiro atoms. The van der Waals surface area contributed by atoms with Gasteiger partial charge in [0, 0.05) is 25.8 Å². The minimum Gasteiger partial charge on any atom is -0.325 e. The van der Waals surface area contributed by atoms with Crippen molar-refractivity contribution in [3.8, 4) is 0 Å². The molecule has 1 aromatic rings. The predicted molar refractivity (Wildman–Crippen MR) is 89.1 cm³/mol. The zero-order valence-corrected chi connectivity index (χ0v) is 13.8. The summed E-state index contributed by atoms with van der Waals surface area (Å²) in [5.41, 5.74) is 0.215. The number of hydrogen-bond donors (Lipinski definition) is 1. The SMILES string of the molecule is CCn1cccc(NC(=O)N2CCCC(C(C)C)CC2)c1=O. The molecule has 1 atom stereocenters. The largest absolute Gasteiger partial charge is 0.325 e. The van der Waals surface area contributed by atoms with Gasteiger partial charge in [-0.15, -0.1) is 0 Å². The minimum absolute atomic E-state index is 0.145. The molecule has 1 aliphatic rings. The van der Waals surface area contributed by atoms with Crippen molar-refractivity contribution >= 4 is 11.7 Å². The van der Waals surface area contributed by atoms with Crippen molar-refractivity contribution in [2.45, 2.75) is 46.6 Å². The summed E-state index contributed by atoms with van der Waals surface area (Å²) < 4.78 is 1.59. The number of pyridine rings is 1. The van der Waals surface area contributed by atoms with E-state index in [0.29, 0.717) is 24.1 Å². The topological polar surface area (TPSA) is 54.3 Å². The van der Waals surface area contributed by atoms with E-state index in [2.05, 4.69) is 19.2 Å². The van der Waals surface area contributed by atoms with Crippen LogP contribution in [0.2, 0.25) is 0 Å². The Morgan fingerprint density at radius 3 is 2.82 bits per heavy atom. The maximum atomic E-state index is 12.4. The van der Waals surface area contributed by atoms with Crippen molar-refractivity contribution in [2.24, 2.45) is 11.8 Å². The molecular formula is C17H27N3O2. The summed E-state index contributed by atoms with van der Waals surface area (Å²) >= 11 is 0. The van der Waals surface area contributed by atoms with Crippen molar-refractivity contribution in [3.05, 3.63) is 28.7 Å². The molecule has 1 N–H and O–H groups in total. The van der Waals surface area contributed by atoms with E-state index in [4.69, 9.17) is 0 Å². The fourth-order valence-corrected chi connectivity index (χ4v) is 3.07. The summed E-state index contributed by atoms with van der Waals surface area (Å²) in [6.45, 7) is 8.54. The maximum Gasteiger partial charge on any atom is 0.321 e. The van der Waals surface area contributed by atoms with Crippen LogP contribution in [-0.4, -0.2) is 28.6 Å². The van der Waals surface area contributed by atoms with E-state index in [1.807, 2.05) is 11.8 Å². The van der Waals surface area contributed by atoms with Crippen molar-refractivity contribution in [1.29, 1.82) is 0 Å². The molecule has 1 aliphatic heterocycles. The monoisotopic (exact) mass is 305 g/mol. The van der Waals surface area contributed by atoms with Crippen LogP contribution in [0.25, 0.3) is 0 Å². The Bertz CT molecular complexity index is 565. The Kier molecular flexibility index (Phi) is 5.63. The Morgan fingerprint density at radius 2 is 2.14 bits per heavy atom. The molecule has 0 radical (unpaired) electrons. The molecule has 122 valence electrons. The van der Waals surface area contributed by atoms with Crippen LogP contribution in [0, 0.1) is 11.8 Å². The Morgan fingerprint density at radius 1 is 1.36 bits per heavy atom. The number of aryl methyl sites for hydroxylation is 1. The third kappa shape index (κ3) is 3.90. The molecule has 0 aromatic carbocycles. The molecule has 1 aromatic heterocycles. The highest BCUT2D eigenvalue weighted by molar-refractivity contribution is 5.89. The van der Waals surface area contributed by atoms with Gasteiger partial charge in [-0.05, 0) is 50.2 Å². The number of urea groups is 1. The second-order valence-corrected chi connectivity index (χ2v) is 6.37. The first-order valence-electron chi connectivity index (χ1n) is 8.28. The third-order valence-corrected chi connectivity index (χ3v) is 4.61. The number of carbonyl (C=O) groups is 1. The average Bonchev–Trinajstić information content (AvgIpc) is 2.75. The minimum atomic E-state index is -0.157. The highest BCUT2D eigenvalue weighted by Crippen LogP contribution is 2.24. The number of likely N-dealkylation sites (tertiary alicyclic amines) is 1. The van der Waals surface area contributed by atoms with Crippen molar-refractivity contribution < 1.29 is 4.79 Å². The van der Waals surface area contributed by atoms with Crippen LogP contribution in [0.5, 0.6) is 0 Å².